The fourth-order valence-corrected chi connectivity index (χ4v) is 4.26. The fraction of sp³-hybridized carbons (Fsp3) is 0.150. The predicted octanol–water partition coefficient (Wildman–Crippen LogP) is 5.69. The maximum absolute atomic E-state index is 12.9. The van der Waals surface area contributed by atoms with Crippen molar-refractivity contribution in [2.24, 2.45) is 0 Å². The molecule has 1 saturated heterocycles. The lowest BCUT2D eigenvalue weighted by Crippen LogP contribution is -2.15. The Morgan fingerprint density at radius 3 is 2.72 bits per heavy atom. The summed E-state index contributed by atoms with van der Waals surface area (Å²) in [6.45, 7) is 0.948. The minimum Gasteiger partial charge on any atom is -0.424 e. The molecule has 1 fully saturated rings. The Kier molecular flexibility index (Phi) is 6.08. The molecular formula is C20H16Cl2N4O2S. The van der Waals surface area contributed by atoms with Gasteiger partial charge in [-0.2, -0.15) is 0 Å². The van der Waals surface area contributed by atoms with Crippen LogP contribution in [0, 0.1) is 0 Å². The second kappa shape index (κ2) is 8.90. The summed E-state index contributed by atoms with van der Waals surface area (Å²) in [5.74, 6) is 1.15. The van der Waals surface area contributed by atoms with E-state index < -0.39 is 0 Å². The van der Waals surface area contributed by atoms with E-state index >= 15 is 0 Å². The molecular weight excluding hydrogens is 431 g/mol. The van der Waals surface area contributed by atoms with Crippen LogP contribution in [0.3, 0.4) is 0 Å². The van der Waals surface area contributed by atoms with Crippen LogP contribution in [0.15, 0.2) is 54.9 Å². The van der Waals surface area contributed by atoms with Gasteiger partial charge in [0, 0.05) is 47.2 Å². The summed E-state index contributed by atoms with van der Waals surface area (Å²) in [5, 5.41) is 3.62. The van der Waals surface area contributed by atoms with Crippen molar-refractivity contribution in [3.05, 3.63) is 70.5 Å². The largest absolute Gasteiger partial charge is 0.424 e. The molecule has 1 amide bonds. The quantitative estimate of drug-likeness (QED) is 0.507. The third kappa shape index (κ3) is 4.93. The predicted molar refractivity (Wildman–Crippen MR) is 117 cm³/mol. The summed E-state index contributed by atoms with van der Waals surface area (Å²) in [6.07, 6.45) is 4.26. The van der Waals surface area contributed by atoms with Crippen LogP contribution in [0.1, 0.15) is 16.8 Å². The standard InChI is InChI=1S/C20H16Cl2N4O2S/c21-13-9-14(11-16(10-13)28-20-23-5-1-6-24-20)25-19(27)17-12-15(3-4-18(17)22)26-7-2-8-29-26/h1,3-6,9-12H,2,7-8H2,(H,25,27). The normalized spacial score (nSPS) is 13.4. The van der Waals surface area contributed by atoms with Gasteiger partial charge in [0.1, 0.15) is 5.75 Å². The first-order valence-corrected chi connectivity index (χ1v) is 10.6. The number of nitrogens with one attached hydrogen (secondary N) is 1. The summed E-state index contributed by atoms with van der Waals surface area (Å²) in [6, 6.07) is 12.2. The van der Waals surface area contributed by atoms with Gasteiger partial charge >= 0.3 is 6.01 Å². The zero-order chi connectivity index (χ0) is 20.2. The number of aromatic nitrogens is 2. The number of halogens is 2. The van der Waals surface area contributed by atoms with E-state index in [0.717, 1.165) is 24.4 Å². The van der Waals surface area contributed by atoms with Crippen LogP contribution in [-0.2, 0) is 0 Å². The molecule has 0 saturated carbocycles. The van der Waals surface area contributed by atoms with E-state index in [1.165, 1.54) is 0 Å². The van der Waals surface area contributed by atoms with Gasteiger partial charge < -0.3 is 14.4 Å². The summed E-state index contributed by atoms with van der Waals surface area (Å²) in [4.78, 5) is 20.9. The Morgan fingerprint density at radius 1 is 1.14 bits per heavy atom. The molecule has 148 valence electrons. The minimum atomic E-state index is -0.328. The van der Waals surface area contributed by atoms with Crippen LogP contribution in [-0.4, -0.2) is 28.2 Å². The highest BCUT2D eigenvalue weighted by atomic mass is 35.5. The van der Waals surface area contributed by atoms with Gasteiger partial charge in [0.25, 0.3) is 5.91 Å². The first-order valence-electron chi connectivity index (χ1n) is 8.85. The van der Waals surface area contributed by atoms with Crippen LogP contribution >= 0.6 is 35.1 Å². The molecule has 0 radical (unpaired) electrons. The van der Waals surface area contributed by atoms with Gasteiger partial charge in [-0.1, -0.05) is 23.2 Å². The molecule has 2 heterocycles. The van der Waals surface area contributed by atoms with Gasteiger partial charge in [-0.05, 0) is 54.8 Å². The monoisotopic (exact) mass is 446 g/mol. The second-order valence-electron chi connectivity index (χ2n) is 6.22. The minimum absolute atomic E-state index is 0.186. The van der Waals surface area contributed by atoms with Crippen molar-refractivity contribution in [3.63, 3.8) is 0 Å². The smallest absolute Gasteiger partial charge is 0.321 e. The maximum Gasteiger partial charge on any atom is 0.321 e. The molecule has 6 nitrogen and oxygen atoms in total. The van der Waals surface area contributed by atoms with Crippen molar-refractivity contribution in [2.45, 2.75) is 6.42 Å². The topological polar surface area (TPSA) is 67.3 Å². The molecule has 1 N–H and O–H groups in total. The Morgan fingerprint density at radius 2 is 1.97 bits per heavy atom. The van der Waals surface area contributed by atoms with Crippen LogP contribution in [0.5, 0.6) is 11.8 Å². The van der Waals surface area contributed by atoms with Gasteiger partial charge in [0.05, 0.1) is 10.6 Å². The Hall–Kier alpha value is -2.48. The summed E-state index contributed by atoms with van der Waals surface area (Å²) in [7, 11) is 0. The van der Waals surface area contributed by atoms with Crippen molar-refractivity contribution in [1.29, 1.82) is 0 Å². The number of carbonyl (C=O) groups excluding carboxylic acids is 1. The first-order chi connectivity index (χ1) is 14.1. The number of nitrogens with zero attached hydrogens (tertiary/aromatic N) is 3. The molecule has 4 rings (SSSR count). The average molecular weight is 447 g/mol. The lowest BCUT2D eigenvalue weighted by molar-refractivity contribution is 0.102. The van der Waals surface area contributed by atoms with Crippen molar-refractivity contribution in [2.75, 3.05) is 21.9 Å². The highest BCUT2D eigenvalue weighted by Gasteiger charge is 2.18. The molecule has 1 aliphatic rings. The second-order valence-corrected chi connectivity index (χ2v) is 8.17. The summed E-state index contributed by atoms with van der Waals surface area (Å²) < 4.78 is 7.77. The molecule has 2 aromatic carbocycles. The third-order valence-corrected chi connectivity index (χ3v) is 5.84. The summed E-state index contributed by atoms with van der Waals surface area (Å²) in [5.41, 5.74) is 1.83. The number of amides is 1. The maximum atomic E-state index is 12.9. The van der Waals surface area contributed by atoms with E-state index in [4.69, 9.17) is 27.9 Å². The number of anilines is 2. The van der Waals surface area contributed by atoms with Crippen LogP contribution in [0.2, 0.25) is 10.0 Å². The molecule has 0 spiro atoms. The number of carbonyl (C=O) groups is 1. The van der Waals surface area contributed by atoms with E-state index in [9.17, 15) is 4.79 Å². The Bertz CT molecular complexity index is 1030. The SMILES string of the molecule is O=C(Nc1cc(Cl)cc(Oc2ncccn2)c1)c1cc(N2CCCS2)ccc1Cl. The molecule has 9 heteroatoms. The Balaban J connectivity index is 1.54. The first kappa shape index (κ1) is 19.8. The van der Waals surface area contributed by atoms with Crippen molar-refractivity contribution in [3.8, 4) is 11.8 Å². The summed E-state index contributed by atoms with van der Waals surface area (Å²) >= 11 is 14.2. The fourth-order valence-electron chi connectivity index (χ4n) is 2.83. The average Bonchev–Trinajstić information content (AvgIpc) is 3.23. The van der Waals surface area contributed by atoms with E-state index in [-0.39, 0.29) is 11.9 Å². The van der Waals surface area contributed by atoms with E-state index in [0.29, 0.717) is 27.0 Å². The molecule has 1 aromatic heterocycles. The number of rotatable bonds is 5. The van der Waals surface area contributed by atoms with Crippen LogP contribution in [0.25, 0.3) is 0 Å². The number of hydrogen-bond acceptors (Lipinski definition) is 6. The lowest BCUT2D eigenvalue weighted by atomic mass is 10.1. The molecule has 0 unspecified atom stereocenters. The van der Waals surface area contributed by atoms with Crippen LogP contribution < -0.4 is 14.4 Å². The van der Waals surface area contributed by atoms with Gasteiger partial charge in [-0.25, -0.2) is 9.97 Å². The molecule has 29 heavy (non-hydrogen) atoms. The highest BCUT2D eigenvalue weighted by molar-refractivity contribution is 8.00. The van der Waals surface area contributed by atoms with Crippen molar-refractivity contribution >= 4 is 52.4 Å². The third-order valence-electron chi connectivity index (χ3n) is 4.12. The molecule has 3 aromatic rings. The zero-order valence-corrected chi connectivity index (χ0v) is 17.5. The van der Waals surface area contributed by atoms with E-state index in [2.05, 4.69) is 19.6 Å². The highest BCUT2D eigenvalue weighted by Crippen LogP contribution is 2.32. The van der Waals surface area contributed by atoms with E-state index in [1.54, 1.807) is 60.7 Å². The van der Waals surface area contributed by atoms with Gasteiger partial charge in [0.15, 0.2) is 0 Å². The molecule has 0 atom stereocenters. The van der Waals surface area contributed by atoms with Gasteiger partial charge in [0.2, 0.25) is 0 Å². The Labute approximate surface area is 182 Å². The number of ether oxygens (including phenoxy) is 1. The lowest BCUT2D eigenvalue weighted by Gasteiger charge is -2.17. The van der Waals surface area contributed by atoms with E-state index in [1.807, 2.05) is 6.07 Å². The molecule has 0 aliphatic carbocycles. The van der Waals surface area contributed by atoms with Crippen molar-refractivity contribution < 1.29 is 9.53 Å². The number of hydrogen-bond donors (Lipinski definition) is 1. The number of benzene rings is 2. The zero-order valence-electron chi connectivity index (χ0n) is 15.1. The molecule has 0 bridgehead atoms. The van der Waals surface area contributed by atoms with Gasteiger partial charge in [-0.15, -0.1) is 0 Å². The molecule has 1 aliphatic heterocycles. The van der Waals surface area contributed by atoms with Crippen molar-refractivity contribution in [1.82, 2.24) is 9.97 Å². The van der Waals surface area contributed by atoms with Gasteiger partial charge in [-0.3, -0.25) is 4.79 Å². The van der Waals surface area contributed by atoms with Crippen LogP contribution in [0.4, 0.5) is 11.4 Å².